The summed E-state index contributed by atoms with van der Waals surface area (Å²) in [5.41, 5.74) is 11.3. The summed E-state index contributed by atoms with van der Waals surface area (Å²) >= 11 is 0. The van der Waals surface area contributed by atoms with Crippen LogP contribution in [-0.4, -0.2) is 71.1 Å². The van der Waals surface area contributed by atoms with E-state index < -0.39 is 54.3 Å². The van der Waals surface area contributed by atoms with Gasteiger partial charge in [-0.2, -0.15) is 0 Å². The van der Waals surface area contributed by atoms with Gasteiger partial charge in [0.25, 0.3) is 0 Å². The number of amides is 3. The number of hydrogen-bond donors (Lipinski definition) is 7. The molecule has 0 heterocycles. The minimum Gasteiger partial charge on any atom is -0.481 e. The second-order valence-corrected chi connectivity index (χ2v) is 7.36. The molecule has 0 fully saturated rings. The van der Waals surface area contributed by atoms with Gasteiger partial charge in [0.1, 0.15) is 18.6 Å². The highest BCUT2D eigenvalue weighted by Crippen LogP contribution is 2.08. The van der Waals surface area contributed by atoms with Gasteiger partial charge in [-0.25, -0.2) is 0 Å². The van der Waals surface area contributed by atoms with E-state index in [1.807, 2.05) is 6.92 Å². The molecule has 9 N–H and O–H groups in total. The quantitative estimate of drug-likeness (QED) is 0.138. The summed E-state index contributed by atoms with van der Waals surface area (Å²) in [4.78, 5) is 59.1. The highest BCUT2D eigenvalue weighted by Gasteiger charge is 2.29. The van der Waals surface area contributed by atoms with Crippen molar-refractivity contribution in [3.8, 4) is 0 Å². The molecule has 0 aromatic carbocycles. The van der Waals surface area contributed by atoms with Crippen LogP contribution in [0, 0.1) is 5.92 Å². The molecule has 0 aliphatic rings. The number of nitrogens with one attached hydrogen (secondary N) is 3. The molecule has 31 heavy (non-hydrogen) atoms. The van der Waals surface area contributed by atoms with Gasteiger partial charge >= 0.3 is 11.9 Å². The first-order chi connectivity index (χ1) is 14.5. The first-order valence-electron chi connectivity index (χ1n) is 10.3. The van der Waals surface area contributed by atoms with Crippen molar-refractivity contribution in [2.75, 3.05) is 13.1 Å². The third kappa shape index (κ3) is 11.9. The van der Waals surface area contributed by atoms with Crippen LogP contribution in [0.4, 0.5) is 0 Å². The Hall–Kier alpha value is -2.73. The number of rotatable bonds is 16. The highest BCUT2D eigenvalue weighted by molar-refractivity contribution is 5.93. The van der Waals surface area contributed by atoms with Crippen molar-refractivity contribution in [3.05, 3.63) is 0 Å². The number of carbonyl (C=O) groups excluding carboxylic acids is 3. The fourth-order valence-electron chi connectivity index (χ4n) is 2.64. The lowest BCUT2D eigenvalue weighted by Crippen LogP contribution is -2.56. The molecule has 0 aromatic rings. The van der Waals surface area contributed by atoms with Crippen molar-refractivity contribution in [1.82, 2.24) is 16.0 Å². The van der Waals surface area contributed by atoms with Gasteiger partial charge in [0.05, 0.1) is 6.04 Å². The standard InChI is InChI=1S/C19H35N5O7/c1-3-11(2)16(21)19(31)24-13(7-8-14(25)26)18(30)23-12(6-4-5-9-20)17(29)22-10-15(27)28/h11-13,16H,3-10,20-21H2,1-2H3,(H,22,29)(H,23,30)(H,24,31)(H,25,26)(H,27,28). The Bertz CT molecular complexity index is 629. The zero-order valence-electron chi connectivity index (χ0n) is 18.1. The van der Waals surface area contributed by atoms with Gasteiger partial charge in [-0.1, -0.05) is 20.3 Å². The smallest absolute Gasteiger partial charge is 0.322 e. The Morgan fingerprint density at radius 2 is 1.45 bits per heavy atom. The predicted octanol–water partition coefficient (Wildman–Crippen LogP) is -1.48. The van der Waals surface area contributed by atoms with Gasteiger partial charge in [-0.05, 0) is 38.1 Å². The van der Waals surface area contributed by atoms with E-state index in [1.165, 1.54) is 0 Å². The summed E-state index contributed by atoms with van der Waals surface area (Å²) in [5.74, 6) is -4.62. The molecule has 12 nitrogen and oxygen atoms in total. The lowest BCUT2D eigenvalue weighted by atomic mass is 9.98. The minimum atomic E-state index is -1.24. The van der Waals surface area contributed by atoms with E-state index in [4.69, 9.17) is 21.7 Å². The highest BCUT2D eigenvalue weighted by atomic mass is 16.4. The molecule has 0 rings (SSSR count). The van der Waals surface area contributed by atoms with Crippen molar-refractivity contribution in [2.45, 2.75) is 70.5 Å². The second kappa shape index (κ2) is 15.1. The summed E-state index contributed by atoms with van der Waals surface area (Å²) in [6, 6.07) is -3.17. The SMILES string of the molecule is CCC(C)C(N)C(=O)NC(CCC(=O)O)C(=O)NC(CCCCN)C(=O)NCC(=O)O. The van der Waals surface area contributed by atoms with E-state index in [9.17, 15) is 24.0 Å². The fraction of sp³-hybridized carbons (Fsp3) is 0.737. The largest absolute Gasteiger partial charge is 0.481 e. The maximum absolute atomic E-state index is 12.8. The summed E-state index contributed by atoms with van der Waals surface area (Å²) in [6.45, 7) is 3.39. The number of carboxylic acid groups (broad SMARTS) is 2. The summed E-state index contributed by atoms with van der Waals surface area (Å²) in [6.07, 6.45) is 1.31. The number of carbonyl (C=O) groups is 5. The topological polar surface area (TPSA) is 214 Å². The van der Waals surface area contributed by atoms with Crippen LogP contribution in [0.3, 0.4) is 0 Å². The third-order valence-corrected chi connectivity index (χ3v) is 4.83. The first kappa shape index (κ1) is 28.3. The van der Waals surface area contributed by atoms with Crippen LogP contribution in [0.15, 0.2) is 0 Å². The Balaban J connectivity index is 5.33. The zero-order chi connectivity index (χ0) is 24.0. The molecular weight excluding hydrogens is 410 g/mol. The molecule has 3 amide bonds. The van der Waals surface area contributed by atoms with Crippen molar-refractivity contribution in [2.24, 2.45) is 17.4 Å². The van der Waals surface area contributed by atoms with E-state index in [-0.39, 0.29) is 25.2 Å². The summed E-state index contributed by atoms with van der Waals surface area (Å²) in [5, 5.41) is 24.8. The second-order valence-electron chi connectivity index (χ2n) is 7.36. The fourth-order valence-corrected chi connectivity index (χ4v) is 2.64. The molecule has 0 aromatic heterocycles. The maximum atomic E-state index is 12.8. The number of unbranched alkanes of at least 4 members (excludes halogenated alkanes) is 1. The number of carboxylic acids is 2. The summed E-state index contributed by atoms with van der Waals surface area (Å²) in [7, 11) is 0. The minimum absolute atomic E-state index is 0.158. The van der Waals surface area contributed by atoms with E-state index in [1.54, 1.807) is 6.92 Å². The van der Waals surface area contributed by atoms with Crippen LogP contribution in [0.2, 0.25) is 0 Å². The van der Waals surface area contributed by atoms with Crippen LogP contribution in [0.5, 0.6) is 0 Å². The van der Waals surface area contributed by atoms with Crippen molar-refractivity contribution in [1.29, 1.82) is 0 Å². The molecule has 4 unspecified atom stereocenters. The third-order valence-electron chi connectivity index (χ3n) is 4.83. The molecule has 4 atom stereocenters. The van der Waals surface area contributed by atoms with Crippen molar-refractivity contribution in [3.63, 3.8) is 0 Å². The van der Waals surface area contributed by atoms with Gasteiger partial charge in [0, 0.05) is 6.42 Å². The van der Waals surface area contributed by atoms with Crippen molar-refractivity contribution < 1.29 is 34.2 Å². The van der Waals surface area contributed by atoms with Crippen molar-refractivity contribution >= 4 is 29.7 Å². The zero-order valence-corrected chi connectivity index (χ0v) is 18.1. The lowest BCUT2D eigenvalue weighted by molar-refractivity contribution is -0.138. The Morgan fingerprint density at radius 1 is 0.871 bits per heavy atom. The van der Waals surface area contributed by atoms with E-state index >= 15 is 0 Å². The average molecular weight is 446 g/mol. The van der Waals surface area contributed by atoms with E-state index in [0.717, 1.165) is 0 Å². The molecule has 0 saturated carbocycles. The van der Waals surface area contributed by atoms with E-state index in [2.05, 4.69) is 16.0 Å². The van der Waals surface area contributed by atoms with Gasteiger partial charge < -0.3 is 37.6 Å². The Kier molecular flexibility index (Phi) is 13.8. The normalized spacial score (nSPS) is 14.6. The van der Waals surface area contributed by atoms with Crippen LogP contribution in [0.1, 0.15) is 52.4 Å². The Labute approximate surface area is 181 Å². The van der Waals surface area contributed by atoms with E-state index in [0.29, 0.717) is 25.8 Å². The first-order valence-corrected chi connectivity index (χ1v) is 10.3. The molecule has 12 heteroatoms. The predicted molar refractivity (Wildman–Crippen MR) is 112 cm³/mol. The number of nitrogens with two attached hydrogens (primary N) is 2. The monoisotopic (exact) mass is 445 g/mol. The van der Waals surface area contributed by atoms with Gasteiger partial charge in [-0.3, -0.25) is 24.0 Å². The molecular formula is C19H35N5O7. The average Bonchev–Trinajstić information content (AvgIpc) is 2.72. The number of aliphatic carboxylic acids is 2. The van der Waals surface area contributed by atoms with Gasteiger partial charge in [0.2, 0.25) is 17.7 Å². The molecule has 0 radical (unpaired) electrons. The van der Waals surface area contributed by atoms with Crippen LogP contribution >= 0.6 is 0 Å². The summed E-state index contributed by atoms with van der Waals surface area (Å²) < 4.78 is 0. The molecule has 0 aliphatic carbocycles. The molecule has 0 aliphatic heterocycles. The molecule has 0 spiro atoms. The lowest BCUT2D eigenvalue weighted by Gasteiger charge is -2.25. The Morgan fingerprint density at radius 3 is 1.97 bits per heavy atom. The van der Waals surface area contributed by atoms with Gasteiger partial charge in [0.15, 0.2) is 0 Å². The molecule has 0 saturated heterocycles. The van der Waals surface area contributed by atoms with Crippen LogP contribution in [0.25, 0.3) is 0 Å². The molecule has 178 valence electrons. The van der Waals surface area contributed by atoms with Crippen LogP contribution < -0.4 is 27.4 Å². The van der Waals surface area contributed by atoms with Gasteiger partial charge in [-0.15, -0.1) is 0 Å². The number of hydrogen-bond acceptors (Lipinski definition) is 7. The van der Waals surface area contributed by atoms with Crippen LogP contribution in [-0.2, 0) is 24.0 Å². The molecule has 0 bridgehead atoms. The maximum Gasteiger partial charge on any atom is 0.322 e.